The van der Waals surface area contributed by atoms with Crippen molar-refractivity contribution in [1.82, 2.24) is 18.7 Å². The third-order valence-corrected chi connectivity index (χ3v) is 4.13. The van der Waals surface area contributed by atoms with Crippen LogP contribution in [0.5, 0.6) is 0 Å². The van der Waals surface area contributed by atoms with Gasteiger partial charge in [0.25, 0.3) is 0 Å². The number of aryl methyl sites for hydroxylation is 2. The SMILES string of the molecule is Cc1cc(C)nc(SCc2cccc3nsnc23)n1. The monoisotopic (exact) mass is 288 g/mol. The number of thioether (sulfide) groups is 1. The summed E-state index contributed by atoms with van der Waals surface area (Å²) in [4.78, 5) is 8.87. The molecule has 0 unspecified atom stereocenters. The summed E-state index contributed by atoms with van der Waals surface area (Å²) < 4.78 is 8.60. The lowest BCUT2D eigenvalue weighted by atomic mass is 10.2. The van der Waals surface area contributed by atoms with Crippen LogP contribution in [0.1, 0.15) is 17.0 Å². The van der Waals surface area contributed by atoms with Gasteiger partial charge in [0.2, 0.25) is 0 Å². The van der Waals surface area contributed by atoms with Crippen LogP contribution in [0.2, 0.25) is 0 Å². The summed E-state index contributed by atoms with van der Waals surface area (Å²) in [5.41, 5.74) is 5.14. The standard InChI is InChI=1S/C13H12N4S2/c1-8-6-9(2)15-13(14-8)18-7-10-4-3-5-11-12(10)17-19-16-11/h3-6H,7H2,1-2H3. The van der Waals surface area contributed by atoms with Gasteiger partial charge in [-0.3, -0.25) is 0 Å². The van der Waals surface area contributed by atoms with Crippen LogP contribution in [0.4, 0.5) is 0 Å². The van der Waals surface area contributed by atoms with Gasteiger partial charge in [0.1, 0.15) is 11.0 Å². The zero-order valence-electron chi connectivity index (χ0n) is 10.6. The van der Waals surface area contributed by atoms with Crippen LogP contribution < -0.4 is 0 Å². The Balaban J connectivity index is 1.84. The van der Waals surface area contributed by atoms with E-state index in [9.17, 15) is 0 Å². The first-order chi connectivity index (χ1) is 9.22. The van der Waals surface area contributed by atoms with E-state index in [1.807, 2.05) is 32.0 Å². The predicted molar refractivity (Wildman–Crippen MR) is 78.5 cm³/mol. The number of nitrogens with zero attached hydrogens (tertiary/aromatic N) is 4. The van der Waals surface area contributed by atoms with Crippen LogP contribution in [0.25, 0.3) is 11.0 Å². The van der Waals surface area contributed by atoms with E-state index in [2.05, 4.69) is 24.8 Å². The molecule has 0 saturated heterocycles. The number of benzene rings is 1. The maximum atomic E-state index is 4.44. The molecule has 0 aliphatic heterocycles. The highest BCUT2D eigenvalue weighted by molar-refractivity contribution is 7.98. The zero-order chi connectivity index (χ0) is 13.2. The lowest BCUT2D eigenvalue weighted by Gasteiger charge is -2.03. The summed E-state index contributed by atoms with van der Waals surface area (Å²) in [6, 6.07) is 8.07. The lowest BCUT2D eigenvalue weighted by molar-refractivity contribution is 0.902. The van der Waals surface area contributed by atoms with Crippen molar-refractivity contribution < 1.29 is 0 Å². The second-order valence-corrected chi connectivity index (χ2v) is 5.74. The van der Waals surface area contributed by atoms with Crippen molar-refractivity contribution in [3.05, 3.63) is 41.2 Å². The fourth-order valence-electron chi connectivity index (χ4n) is 1.88. The Labute approximate surface area is 119 Å². The maximum Gasteiger partial charge on any atom is 0.188 e. The average Bonchev–Trinajstić information content (AvgIpc) is 2.83. The molecule has 3 aromatic rings. The fraction of sp³-hybridized carbons (Fsp3) is 0.231. The average molecular weight is 288 g/mol. The van der Waals surface area contributed by atoms with Gasteiger partial charge in [-0.05, 0) is 31.5 Å². The molecule has 2 heterocycles. The van der Waals surface area contributed by atoms with Gasteiger partial charge in [-0.25, -0.2) is 9.97 Å². The van der Waals surface area contributed by atoms with Crippen LogP contribution in [0.15, 0.2) is 29.4 Å². The van der Waals surface area contributed by atoms with E-state index >= 15 is 0 Å². The molecule has 0 aliphatic carbocycles. The number of rotatable bonds is 3. The topological polar surface area (TPSA) is 51.6 Å². The minimum absolute atomic E-state index is 0.811. The normalized spacial score (nSPS) is 11.1. The number of hydrogen-bond donors (Lipinski definition) is 0. The molecule has 2 aromatic heterocycles. The van der Waals surface area contributed by atoms with Crippen molar-refractivity contribution in [2.45, 2.75) is 24.8 Å². The molecule has 0 bridgehead atoms. The Bertz CT molecular complexity index is 703. The minimum Gasteiger partial charge on any atom is -0.228 e. The van der Waals surface area contributed by atoms with Gasteiger partial charge in [0, 0.05) is 17.1 Å². The molecule has 0 spiro atoms. The van der Waals surface area contributed by atoms with Gasteiger partial charge in [0.15, 0.2) is 5.16 Å². The first-order valence-electron chi connectivity index (χ1n) is 5.87. The Morgan fingerprint density at radius 3 is 2.68 bits per heavy atom. The summed E-state index contributed by atoms with van der Waals surface area (Å²) in [6.07, 6.45) is 0. The summed E-state index contributed by atoms with van der Waals surface area (Å²) in [7, 11) is 0. The third-order valence-electron chi connectivity index (χ3n) is 2.69. The first-order valence-corrected chi connectivity index (χ1v) is 7.59. The van der Waals surface area contributed by atoms with Crippen LogP contribution in [0, 0.1) is 13.8 Å². The van der Waals surface area contributed by atoms with Crippen molar-refractivity contribution in [3.63, 3.8) is 0 Å². The molecule has 0 fully saturated rings. The van der Waals surface area contributed by atoms with Crippen LogP contribution in [-0.2, 0) is 5.75 Å². The van der Waals surface area contributed by atoms with E-state index in [-0.39, 0.29) is 0 Å². The van der Waals surface area contributed by atoms with Crippen molar-refractivity contribution in [1.29, 1.82) is 0 Å². The molecule has 3 rings (SSSR count). The Morgan fingerprint density at radius 2 is 1.89 bits per heavy atom. The van der Waals surface area contributed by atoms with Crippen LogP contribution in [-0.4, -0.2) is 18.7 Å². The largest absolute Gasteiger partial charge is 0.228 e. The molecule has 19 heavy (non-hydrogen) atoms. The number of aromatic nitrogens is 4. The zero-order valence-corrected chi connectivity index (χ0v) is 12.3. The van der Waals surface area contributed by atoms with Gasteiger partial charge in [-0.1, -0.05) is 23.9 Å². The highest BCUT2D eigenvalue weighted by Gasteiger charge is 2.07. The molecule has 96 valence electrons. The number of hydrogen-bond acceptors (Lipinski definition) is 6. The molecule has 0 aliphatic rings. The highest BCUT2D eigenvalue weighted by atomic mass is 32.2. The van der Waals surface area contributed by atoms with Gasteiger partial charge < -0.3 is 0 Å². The molecule has 0 atom stereocenters. The summed E-state index contributed by atoms with van der Waals surface area (Å²) >= 11 is 2.89. The molecular weight excluding hydrogens is 276 g/mol. The molecule has 0 N–H and O–H groups in total. The van der Waals surface area contributed by atoms with Crippen LogP contribution in [0.3, 0.4) is 0 Å². The lowest BCUT2D eigenvalue weighted by Crippen LogP contribution is -1.93. The number of fused-ring (bicyclic) bond motifs is 1. The third kappa shape index (κ3) is 2.74. The fourth-order valence-corrected chi connectivity index (χ4v) is 3.38. The maximum absolute atomic E-state index is 4.44. The molecule has 0 saturated carbocycles. The first kappa shape index (κ1) is 12.5. The molecule has 4 nitrogen and oxygen atoms in total. The van der Waals surface area contributed by atoms with Gasteiger partial charge in [-0.15, -0.1) is 0 Å². The smallest absolute Gasteiger partial charge is 0.188 e. The van der Waals surface area contributed by atoms with Crippen LogP contribution >= 0.6 is 23.5 Å². The van der Waals surface area contributed by atoms with Gasteiger partial charge in [-0.2, -0.15) is 8.75 Å². The molecule has 0 radical (unpaired) electrons. The van der Waals surface area contributed by atoms with Crippen molar-refractivity contribution >= 4 is 34.5 Å². The van der Waals surface area contributed by atoms with Crippen molar-refractivity contribution in [3.8, 4) is 0 Å². The van der Waals surface area contributed by atoms with Crippen molar-refractivity contribution in [2.75, 3.05) is 0 Å². The quantitative estimate of drug-likeness (QED) is 0.546. The Kier molecular flexibility index (Phi) is 3.44. The van der Waals surface area contributed by atoms with E-state index < -0.39 is 0 Å². The highest BCUT2D eigenvalue weighted by Crippen LogP contribution is 2.24. The second-order valence-electron chi connectivity index (χ2n) is 4.27. The molecule has 6 heteroatoms. The minimum atomic E-state index is 0.811. The van der Waals surface area contributed by atoms with E-state index in [0.717, 1.165) is 33.3 Å². The van der Waals surface area contributed by atoms with E-state index in [4.69, 9.17) is 0 Å². The second kappa shape index (κ2) is 5.22. The van der Waals surface area contributed by atoms with E-state index in [1.54, 1.807) is 11.8 Å². The van der Waals surface area contributed by atoms with Crippen molar-refractivity contribution in [2.24, 2.45) is 0 Å². The Hall–Kier alpha value is -1.53. The van der Waals surface area contributed by atoms with Gasteiger partial charge >= 0.3 is 0 Å². The summed E-state index contributed by atoms with van der Waals surface area (Å²) in [5, 5.41) is 0.817. The Morgan fingerprint density at radius 1 is 1.11 bits per heavy atom. The molecular formula is C13H12N4S2. The van der Waals surface area contributed by atoms with Gasteiger partial charge in [0.05, 0.1) is 11.7 Å². The summed E-state index contributed by atoms with van der Waals surface area (Å²) in [6.45, 7) is 3.98. The van der Waals surface area contributed by atoms with E-state index in [0.29, 0.717) is 0 Å². The summed E-state index contributed by atoms with van der Waals surface area (Å²) in [5.74, 6) is 0.811. The molecule has 1 aromatic carbocycles. The van der Waals surface area contributed by atoms with E-state index in [1.165, 1.54) is 17.3 Å². The predicted octanol–water partition coefficient (Wildman–Crippen LogP) is 3.39. The molecule has 0 amide bonds.